The van der Waals surface area contributed by atoms with Crippen molar-refractivity contribution >= 4 is 5.91 Å². The molecule has 0 aliphatic heterocycles. The van der Waals surface area contributed by atoms with Gasteiger partial charge in [-0.2, -0.15) is 0 Å². The van der Waals surface area contributed by atoms with Crippen molar-refractivity contribution in [2.24, 2.45) is 0 Å². The molecule has 0 saturated carbocycles. The van der Waals surface area contributed by atoms with Crippen molar-refractivity contribution in [2.75, 3.05) is 13.6 Å². The fourth-order valence-electron chi connectivity index (χ4n) is 1.23. The lowest BCUT2D eigenvalue weighted by molar-refractivity contribution is -0.130. The summed E-state index contributed by atoms with van der Waals surface area (Å²) < 4.78 is 0. The lowest BCUT2D eigenvalue weighted by Gasteiger charge is -2.20. The number of likely N-dealkylation sites (N-methyl/N-ethyl adjacent to an activating group) is 1. The molecule has 0 aliphatic carbocycles. The molecule has 0 spiro atoms. The molecule has 14 heavy (non-hydrogen) atoms. The van der Waals surface area contributed by atoms with Crippen LogP contribution in [0, 0.1) is 0 Å². The van der Waals surface area contributed by atoms with E-state index in [1.54, 1.807) is 13.1 Å². The Labute approximate surface area is 85.4 Å². The average Bonchev–Trinajstić information content (AvgIpc) is 2.21. The number of aliphatic hydroxyl groups excluding tert-OH is 1. The summed E-state index contributed by atoms with van der Waals surface area (Å²) in [5.74, 6) is -0.349. The third-order valence-corrected chi connectivity index (χ3v) is 2.04. The van der Waals surface area contributed by atoms with Crippen molar-refractivity contribution in [1.82, 2.24) is 10.6 Å². The molecule has 0 aromatic carbocycles. The van der Waals surface area contributed by atoms with E-state index in [2.05, 4.69) is 17.2 Å². The van der Waals surface area contributed by atoms with Crippen molar-refractivity contribution in [1.29, 1.82) is 0 Å². The minimum Gasteiger partial charge on any atom is -0.382 e. The van der Waals surface area contributed by atoms with Crippen molar-refractivity contribution in [2.45, 2.75) is 31.9 Å². The Morgan fingerprint density at radius 1 is 1.64 bits per heavy atom. The molecular formula is C10H20N2O2. The Hall–Kier alpha value is -0.870. The zero-order valence-electron chi connectivity index (χ0n) is 8.92. The van der Waals surface area contributed by atoms with Gasteiger partial charge < -0.3 is 15.7 Å². The van der Waals surface area contributed by atoms with Crippen LogP contribution >= 0.6 is 0 Å². The zero-order chi connectivity index (χ0) is 11.0. The van der Waals surface area contributed by atoms with E-state index in [0.29, 0.717) is 6.54 Å². The number of nitrogens with one attached hydrogen (secondary N) is 2. The van der Waals surface area contributed by atoms with Gasteiger partial charge in [0, 0.05) is 12.6 Å². The molecule has 1 amide bonds. The van der Waals surface area contributed by atoms with Gasteiger partial charge in [-0.15, -0.1) is 6.58 Å². The first kappa shape index (κ1) is 13.1. The van der Waals surface area contributed by atoms with Crippen molar-refractivity contribution in [3.8, 4) is 0 Å². The maximum absolute atomic E-state index is 11.3. The van der Waals surface area contributed by atoms with E-state index >= 15 is 0 Å². The van der Waals surface area contributed by atoms with Gasteiger partial charge in [-0.25, -0.2) is 0 Å². The molecule has 0 heterocycles. The molecule has 0 aromatic heterocycles. The molecule has 0 aliphatic rings. The summed E-state index contributed by atoms with van der Waals surface area (Å²) in [5, 5.41) is 15.1. The Morgan fingerprint density at radius 2 is 2.29 bits per heavy atom. The summed E-state index contributed by atoms with van der Waals surface area (Å²) >= 11 is 0. The highest BCUT2D eigenvalue weighted by Crippen LogP contribution is 2.02. The fraction of sp³-hybridized carbons (Fsp3) is 0.700. The second-order valence-electron chi connectivity index (χ2n) is 3.16. The molecule has 0 saturated heterocycles. The molecule has 0 rings (SSSR count). The van der Waals surface area contributed by atoms with Gasteiger partial charge >= 0.3 is 0 Å². The van der Waals surface area contributed by atoms with E-state index in [0.717, 1.165) is 12.8 Å². The standard InChI is InChI=1S/C10H20N2O2/c1-4-6-8(11-3)9(13)10(14)12-7-5-2/h5,8-9,11,13H,2,4,6-7H2,1,3H3,(H,12,14). The summed E-state index contributed by atoms with van der Waals surface area (Å²) in [7, 11) is 1.74. The van der Waals surface area contributed by atoms with E-state index in [1.165, 1.54) is 0 Å². The highest BCUT2D eigenvalue weighted by Gasteiger charge is 2.23. The molecule has 2 atom stereocenters. The summed E-state index contributed by atoms with van der Waals surface area (Å²) in [5.41, 5.74) is 0. The molecule has 82 valence electrons. The lowest BCUT2D eigenvalue weighted by atomic mass is 10.1. The quantitative estimate of drug-likeness (QED) is 0.508. The van der Waals surface area contributed by atoms with Crippen LogP contribution in [0.2, 0.25) is 0 Å². The van der Waals surface area contributed by atoms with E-state index in [9.17, 15) is 9.90 Å². The summed E-state index contributed by atoms with van der Waals surface area (Å²) in [6.07, 6.45) is 2.30. The normalized spacial score (nSPS) is 14.5. The summed E-state index contributed by atoms with van der Waals surface area (Å²) in [4.78, 5) is 11.3. The van der Waals surface area contributed by atoms with Gasteiger partial charge in [0.1, 0.15) is 6.10 Å². The summed E-state index contributed by atoms with van der Waals surface area (Å²) in [6.45, 7) is 5.88. The smallest absolute Gasteiger partial charge is 0.250 e. The number of hydrogen-bond acceptors (Lipinski definition) is 3. The van der Waals surface area contributed by atoms with Gasteiger partial charge in [0.05, 0.1) is 0 Å². The molecular weight excluding hydrogens is 180 g/mol. The predicted molar refractivity (Wildman–Crippen MR) is 57.0 cm³/mol. The largest absolute Gasteiger partial charge is 0.382 e. The molecule has 3 N–H and O–H groups in total. The molecule has 2 unspecified atom stereocenters. The van der Waals surface area contributed by atoms with Gasteiger partial charge in [0.2, 0.25) is 0 Å². The Bertz CT molecular complexity index is 183. The van der Waals surface area contributed by atoms with Gasteiger partial charge in [-0.3, -0.25) is 4.79 Å². The van der Waals surface area contributed by atoms with Crippen LogP contribution in [0.15, 0.2) is 12.7 Å². The van der Waals surface area contributed by atoms with Crippen LogP contribution in [-0.4, -0.2) is 36.8 Å². The number of aliphatic hydroxyl groups is 1. The molecule has 0 bridgehead atoms. The first-order valence-electron chi connectivity index (χ1n) is 4.91. The number of rotatable bonds is 7. The van der Waals surface area contributed by atoms with Crippen LogP contribution in [-0.2, 0) is 4.79 Å². The highest BCUT2D eigenvalue weighted by atomic mass is 16.3. The lowest BCUT2D eigenvalue weighted by Crippen LogP contribution is -2.47. The Kier molecular flexibility index (Phi) is 7.06. The minimum absolute atomic E-state index is 0.176. The fourth-order valence-corrected chi connectivity index (χ4v) is 1.23. The molecule has 0 aromatic rings. The SMILES string of the molecule is C=CCNC(=O)C(O)C(CCC)NC. The van der Waals surface area contributed by atoms with Gasteiger partial charge in [0.15, 0.2) is 0 Å². The van der Waals surface area contributed by atoms with E-state index in [1.807, 2.05) is 6.92 Å². The Balaban J connectivity index is 4.04. The minimum atomic E-state index is -0.986. The zero-order valence-corrected chi connectivity index (χ0v) is 8.92. The van der Waals surface area contributed by atoms with Crippen LogP contribution in [0.1, 0.15) is 19.8 Å². The maximum atomic E-state index is 11.3. The van der Waals surface area contributed by atoms with E-state index < -0.39 is 6.10 Å². The van der Waals surface area contributed by atoms with Crippen LogP contribution in [0.5, 0.6) is 0 Å². The monoisotopic (exact) mass is 200 g/mol. The second-order valence-corrected chi connectivity index (χ2v) is 3.16. The van der Waals surface area contributed by atoms with Crippen LogP contribution in [0.3, 0.4) is 0 Å². The predicted octanol–water partition coefficient (Wildman–Crippen LogP) is 0.0376. The first-order chi connectivity index (χ1) is 6.67. The van der Waals surface area contributed by atoms with E-state index in [4.69, 9.17) is 0 Å². The molecule has 0 fully saturated rings. The second kappa shape index (κ2) is 7.53. The number of amides is 1. The van der Waals surface area contributed by atoms with Crippen molar-refractivity contribution in [3.05, 3.63) is 12.7 Å². The first-order valence-corrected chi connectivity index (χ1v) is 4.91. The number of carbonyl (C=O) groups excluding carboxylic acids is 1. The highest BCUT2D eigenvalue weighted by molar-refractivity contribution is 5.81. The van der Waals surface area contributed by atoms with Crippen LogP contribution in [0.25, 0.3) is 0 Å². The number of carbonyl (C=O) groups is 1. The van der Waals surface area contributed by atoms with Gasteiger partial charge in [-0.1, -0.05) is 19.4 Å². The maximum Gasteiger partial charge on any atom is 0.250 e. The van der Waals surface area contributed by atoms with E-state index in [-0.39, 0.29) is 11.9 Å². The molecule has 0 radical (unpaired) electrons. The topological polar surface area (TPSA) is 61.4 Å². The number of hydrogen-bond donors (Lipinski definition) is 3. The Morgan fingerprint density at radius 3 is 2.71 bits per heavy atom. The third kappa shape index (κ3) is 4.39. The summed E-state index contributed by atoms with van der Waals surface area (Å²) in [6, 6.07) is -0.176. The van der Waals surface area contributed by atoms with Gasteiger partial charge in [-0.05, 0) is 13.5 Å². The van der Waals surface area contributed by atoms with Gasteiger partial charge in [0.25, 0.3) is 5.91 Å². The molecule has 4 nitrogen and oxygen atoms in total. The van der Waals surface area contributed by atoms with Crippen LogP contribution < -0.4 is 10.6 Å². The van der Waals surface area contributed by atoms with Crippen molar-refractivity contribution in [3.63, 3.8) is 0 Å². The van der Waals surface area contributed by atoms with Crippen molar-refractivity contribution < 1.29 is 9.90 Å². The molecule has 4 heteroatoms. The third-order valence-electron chi connectivity index (χ3n) is 2.04. The van der Waals surface area contributed by atoms with Crippen LogP contribution in [0.4, 0.5) is 0 Å². The average molecular weight is 200 g/mol.